The number of fused-ring (bicyclic) bond motifs is 1. The fourth-order valence-electron chi connectivity index (χ4n) is 5.45. The minimum absolute atomic E-state index is 0.0281. The van der Waals surface area contributed by atoms with Gasteiger partial charge in [-0.3, -0.25) is 0 Å². The summed E-state index contributed by atoms with van der Waals surface area (Å²) in [6.45, 7) is 17.5. The molecule has 2 aliphatic carbocycles. The molecule has 3 aliphatic rings. The highest BCUT2D eigenvalue weighted by Gasteiger charge is 2.32. The summed E-state index contributed by atoms with van der Waals surface area (Å²) in [7, 11) is 1.80. The van der Waals surface area contributed by atoms with E-state index in [4.69, 9.17) is 0 Å². The van der Waals surface area contributed by atoms with Crippen molar-refractivity contribution >= 4 is 0 Å². The van der Waals surface area contributed by atoms with Crippen LogP contribution in [0.1, 0.15) is 66.2 Å². The van der Waals surface area contributed by atoms with Gasteiger partial charge in [0.2, 0.25) is 0 Å². The maximum absolute atomic E-state index is 15.0. The number of hydrogen-bond donors (Lipinski definition) is 3. The largest absolute Gasteiger partial charge is 0.384 e. The van der Waals surface area contributed by atoms with Crippen molar-refractivity contribution in [2.45, 2.75) is 90.5 Å². The second-order valence-corrected chi connectivity index (χ2v) is 10.8. The Morgan fingerprint density at radius 1 is 1.18 bits per heavy atom. The lowest BCUT2D eigenvalue weighted by molar-refractivity contribution is 0.142. The van der Waals surface area contributed by atoms with E-state index in [0.29, 0.717) is 23.8 Å². The number of nitrogens with one attached hydrogen (secondary N) is 3. The third-order valence-corrected chi connectivity index (χ3v) is 7.72. The Balaban J connectivity index is 0.000000333. The molecule has 6 atom stereocenters. The van der Waals surface area contributed by atoms with E-state index in [0.717, 1.165) is 13.0 Å². The summed E-state index contributed by atoms with van der Waals surface area (Å²) in [6.07, 6.45) is 19.0. The molecule has 0 aromatic rings. The van der Waals surface area contributed by atoms with Gasteiger partial charge >= 0.3 is 0 Å². The van der Waals surface area contributed by atoms with Gasteiger partial charge in [0.15, 0.2) is 0 Å². The highest BCUT2D eigenvalue weighted by atomic mass is 19.1. The van der Waals surface area contributed by atoms with E-state index in [1.807, 2.05) is 0 Å². The van der Waals surface area contributed by atoms with Gasteiger partial charge < -0.3 is 16.0 Å². The smallest absolute Gasteiger partial charge is 0.123 e. The minimum Gasteiger partial charge on any atom is -0.384 e. The van der Waals surface area contributed by atoms with E-state index in [9.17, 15) is 0 Å². The van der Waals surface area contributed by atoms with Crippen LogP contribution < -0.4 is 16.0 Å². The summed E-state index contributed by atoms with van der Waals surface area (Å²) in [5, 5.41) is 9.91. The monoisotopic (exact) mass is 471 g/mol. The highest BCUT2D eigenvalue weighted by molar-refractivity contribution is 5.30. The van der Waals surface area contributed by atoms with Crippen molar-refractivity contribution in [1.82, 2.24) is 16.0 Å². The normalized spacial score (nSPS) is 25.3. The molecule has 3 nitrogen and oxygen atoms in total. The molecule has 0 aromatic carbocycles. The zero-order valence-electron chi connectivity index (χ0n) is 22.3. The molecule has 192 valence electrons. The predicted octanol–water partition coefficient (Wildman–Crippen LogP) is 6.48. The van der Waals surface area contributed by atoms with Crippen molar-refractivity contribution in [1.29, 1.82) is 0 Å². The SMILES string of the molecule is C=CC(NC)C(F)C(CC(C)C)C(C)NCC(=C)C1CCCCC1.CC1=CNC2C=CC=CC12. The summed E-state index contributed by atoms with van der Waals surface area (Å²) in [5.74, 6) is 1.72. The van der Waals surface area contributed by atoms with E-state index < -0.39 is 6.17 Å². The first-order chi connectivity index (χ1) is 16.3. The molecule has 0 bridgehead atoms. The third kappa shape index (κ3) is 8.53. The lowest BCUT2D eigenvalue weighted by atomic mass is 9.82. The van der Waals surface area contributed by atoms with Crippen LogP contribution in [0.4, 0.5) is 4.39 Å². The summed E-state index contributed by atoms with van der Waals surface area (Å²) >= 11 is 0. The van der Waals surface area contributed by atoms with Gasteiger partial charge in [-0.05, 0) is 63.8 Å². The first kappa shape index (κ1) is 28.6. The highest BCUT2D eigenvalue weighted by Crippen LogP contribution is 2.29. The Hall–Kier alpha value is -1.65. The molecule has 0 amide bonds. The molecule has 0 spiro atoms. The Kier molecular flexibility index (Phi) is 12.3. The van der Waals surface area contributed by atoms with Crippen LogP contribution in [-0.2, 0) is 0 Å². The summed E-state index contributed by atoms with van der Waals surface area (Å²) in [6, 6.07) is 0.364. The fraction of sp³-hybridized carbons (Fsp3) is 0.667. The van der Waals surface area contributed by atoms with E-state index in [2.05, 4.69) is 87.3 Å². The molecule has 34 heavy (non-hydrogen) atoms. The Labute approximate surface area is 209 Å². The van der Waals surface area contributed by atoms with Crippen LogP contribution in [0, 0.1) is 23.7 Å². The van der Waals surface area contributed by atoms with Crippen molar-refractivity contribution in [2.24, 2.45) is 23.7 Å². The van der Waals surface area contributed by atoms with Gasteiger partial charge in [0.25, 0.3) is 0 Å². The number of hydrogen-bond acceptors (Lipinski definition) is 3. The van der Waals surface area contributed by atoms with E-state index >= 15 is 4.39 Å². The average molecular weight is 472 g/mol. The molecule has 4 heteroatoms. The van der Waals surface area contributed by atoms with Crippen LogP contribution in [0.15, 0.2) is 60.9 Å². The number of alkyl halides is 1. The third-order valence-electron chi connectivity index (χ3n) is 7.72. The lowest BCUT2D eigenvalue weighted by Crippen LogP contribution is -2.47. The van der Waals surface area contributed by atoms with Gasteiger partial charge in [-0.1, -0.05) is 75.6 Å². The topological polar surface area (TPSA) is 36.1 Å². The molecule has 3 N–H and O–H groups in total. The molecule has 1 heterocycles. The summed E-state index contributed by atoms with van der Waals surface area (Å²) in [5.41, 5.74) is 2.74. The van der Waals surface area contributed by atoms with Crippen LogP contribution in [0.2, 0.25) is 0 Å². The van der Waals surface area contributed by atoms with Gasteiger partial charge in [-0.25, -0.2) is 4.39 Å². The van der Waals surface area contributed by atoms with Crippen LogP contribution in [-0.4, -0.2) is 37.9 Å². The van der Waals surface area contributed by atoms with Crippen LogP contribution >= 0.6 is 0 Å². The van der Waals surface area contributed by atoms with Crippen LogP contribution in [0.3, 0.4) is 0 Å². The molecule has 6 unspecified atom stereocenters. The number of rotatable bonds is 11. The molecule has 3 rings (SSSR count). The number of halogens is 1. The van der Waals surface area contributed by atoms with Gasteiger partial charge in [0.1, 0.15) is 6.17 Å². The quantitative estimate of drug-likeness (QED) is 0.302. The van der Waals surface area contributed by atoms with Crippen molar-refractivity contribution < 1.29 is 4.39 Å². The van der Waals surface area contributed by atoms with Gasteiger partial charge in [-0.2, -0.15) is 0 Å². The molecular weight excluding hydrogens is 421 g/mol. The van der Waals surface area contributed by atoms with Gasteiger partial charge in [-0.15, -0.1) is 6.58 Å². The van der Waals surface area contributed by atoms with Crippen molar-refractivity contribution in [3.63, 3.8) is 0 Å². The molecule has 1 saturated carbocycles. The predicted molar refractivity (Wildman–Crippen MR) is 147 cm³/mol. The Morgan fingerprint density at radius 3 is 2.44 bits per heavy atom. The number of allylic oxidation sites excluding steroid dienone is 2. The van der Waals surface area contributed by atoms with E-state index in [1.54, 1.807) is 13.1 Å². The van der Waals surface area contributed by atoms with Gasteiger partial charge in [0.05, 0.1) is 12.1 Å². The fourth-order valence-corrected chi connectivity index (χ4v) is 5.45. The molecule has 1 aliphatic heterocycles. The summed E-state index contributed by atoms with van der Waals surface area (Å²) < 4.78 is 15.0. The van der Waals surface area contributed by atoms with E-state index in [-0.39, 0.29) is 18.0 Å². The molecule has 0 radical (unpaired) electrons. The lowest BCUT2D eigenvalue weighted by Gasteiger charge is -2.33. The van der Waals surface area contributed by atoms with Crippen molar-refractivity contribution in [3.8, 4) is 0 Å². The first-order valence-electron chi connectivity index (χ1n) is 13.4. The van der Waals surface area contributed by atoms with Crippen LogP contribution in [0.25, 0.3) is 0 Å². The molecular formula is C30H50FN3. The molecule has 0 saturated heterocycles. The maximum Gasteiger partial charge on any atom is 0.123 e. The standard InChI is InChI=1S/C21H39FN2.C9H11N/c1-7-20(23-6)21(22)19(13-15(2)3)17(5)24-14-16(4)18-11-9-8-10-12-18;1-7-6-10-9-5-3-2-4-8(7)9/h7,15,17-21,23-24H,1,4,8-14H2,2-3,5-6H3;2-6,8-10H,1H3. The maximum atomic E-state index is 15.0. The first-order valence-corrected chi connectivity index (χ1v) is 13.4. The van der Waals surface area contributed by atoms with Crippen molar-refractivity contribution in [2.75, 3.05) is 13.6 Å². The minimum atomic E-state index is -0.930. The average Bonchev–Trinajstić information content (AvgIpc) is 3.23. The molecule has 1 fully saturated rings. The number of likely N-dealkylation sites (N-methyl/N-ethyl adjacent to an activating group) is 1. The summed E-state index contributed by atoms with van der Waals surface area (Å²) in [4.78, 5) is 0. The zero-order chi connectivity index (χ0) is 25.1. The Bertz CT molecular complexity index is 717. The second-order valence-electron chi connectivity index (χ2n) is 10.8. The van der Waals surface area contributed by atoms with E-state index in [1.165, 1.54) is 43.3 Å². The molecule has 0 aromatic heterocycles. The Morgan fingerprint density at radius 2 is 1.85 bits per heavy atom. The zero-order valence-corrected chi connectivity index (χ0v) is 22.3. The van der Waals surface area contributed by atoms with Crippen molar-refractivity contribution in [3.05, 3.63) is 60.9 Å². The van der Waals surface area contributed by atoms with Gasteiger partial charge in [0, 0.05) is 24.4 Å². The van der Waals surface area contributed by atoms with Crippen LogP contribution in [0.5, 0.6) is 0 Å². The second kappa shape index (κ2) is 14.7.